The van der Waals surface area contributed by atoms with Crippen molar-refractivity contribution in [3.05, 3.63) is 97.8 Å². The van der Waals surface area contributed by atoms with E-state index in [1.54, 1.807) is 35.8 Å². The quantitative estimate of drug-likeness (QED) is 0.305. The minimum absolute atomic E-state index is 0.0771. The van der Waals surface area contributed by atoms with E-state index in [2.05, 4.69) is 4.98 Å². The van der Waals surface area contributed by atoms with Crippen LogP contribution in [0.4, 0.5) is 8.78 Å². The molecule has 0 radical (unpaired) electrons. The first-order chi connectivity index (χ1) is 16.1. The minimum Gasteiger partial charge on any atom is -0.436 e. The number of aryl methyl sites for hydroxylation is 2. The van der Waals surface area contributed by atoms with Crippen molar-refractivity contribution in [2.75, 3.05) is 0 Å². The largest absolute Gasteiger partial charge is 0.436 e. The fraction of sp³-hybridized carbons (Fsp3) is 0.185. The van der Waals surface area contributed by atoms with Gasteiger partial charge in [-0.25, -0.2) is 13.8 Å². The molecule has 2 heterocycles. The van der Waals surface area contributed by atoms with Crippen LogP contribution in [0.1, 0.15) is 36.6 Å². The first-order valence-electron chi connectivity index (χ1n) is 10.7. The van der Waals surface area contributed by atoms with Gasteiger partial charge in [0, 0.05) is 28.4 Å². The predicted molar refractivity (Wildman–Crippen MR) is 131 cm³/mol. The summed E-state index contributed by atoms with van der Waals surface area (Å²) in [5.74, 6) is -1.02. The normalized spacial score (nSPS) is 11.1. The first kappa shape index (κ1) is 23.6. The average molecular weight is 481 g/mol. The Kier molecular flexibility index (Phi) is 6.28. The summed E-state index contributed by atoms with van der Waals surface area (Å²) in [5, 5.41) is 0.581. The number of rotatable bonds is 4. The van der Waals surface area contributed by atoms with E-state index >= 15 is 0 Å². The lowest BCUT2D eigenvalue weighted by molar-refractivity contribution is 0.546. The predicted octanol–water partition coefficient (Wildman–Crippen LogP) is 7.44. The molecule has 174 valence electrons. The average Bonchev–Trinajstić information content (AvgIpc) is 3.12. The van der Waals surface area contributed by atoms with Crippen LogP contribution in [0.5, 0.6) is 0 Å². The molecule has 7 heteroatoms. The maximum atomic E-state index is 14.7. The van der Waals surface area contributed by atoms with Crippen LogP contribution in [-0.4, -0.2) is 9.55 Å². The molecule has 0 spiro atoms. The molecular weight excluding hydrogens is 458 g/mol. The Bertz CT molecular complexity index is 1490. The highest BCUT2D eigenvalue weighted by Crippen LogP contribution is 2.37. The molecule has 0 unspecified atom stereocenters. The van der Waals surface area contributed by atoms with Crippen LogP contribution in [0, 0.1) is 32.4 Å². The third-order valence-corrected chi connectivity index (χ3v) is 5.72. The summed E-state index contributed by atoms with van der Waals surface area (Å²) in [6, 6.07) is 9.96. The van der Waals surface area contributed by atoms with Crippen LogP contribution >= 0.6 is 11.6 Å². The van der Waals surface area contributed by atoms with Crippen molar-refractivity contribution in [3.8, 4) is 28.3 Å². The molecule has 4 nitrogen and oxygen atoms in total. The van der Waals surface area contributed by atoms with Crippen molar-refractivity contribution in [2.24, 2.45) is 0 Å². The second-order valence-electron chi connectivity index (χ2n) is 8.47. The van der Waals surface area contributed by atoms with Crippen molar-refractivity contribution >= 4 is 17.7 Å². The van der Waals surface area contributed by atoms with Crippen LogP contribution in [-0.2, 0) is 0 Å². The van der Waals surface area contributed by atoms with Crippen LogP contribution < -0.4 is 5.56 Å². The van der Waals surface area contributed by atoms with Gasteiger partial charge in [0.05, 0.1) is 11.3 Å². The van der Waals surface area contributed by atoms with E-state index in [9.17, 15) is 13.6 Å². The lowest BCUT2D eigenvalue weighted by atomic mass is 10.0. The van der Waals surface area contributed by atoms with Crippen molar-refractivity contribution in [1.82, 2.24) is 9.55 Å². The van der Waals surface area contributed by atoms with Crippen LogP contribution in [0.3, 0.4) is 0 Å². The third-order valence-electron chi connectivity index (χ3n) is 5.50. The Morgan fingerprint density at radius 2 is 1.65 bits per heavy atom. The molecule has 0 saturated heterocycles. The highest BCUT2D eigenvalue weighted by atomic mass is 35.5. The molecule has 0 saturated carbocycles. The maximum absolute atomic E-state index is 14.7. The monoisotopic (exact) mass is 480 g/mol. The molecule has 0 bridgehead atoms. The Morgan fingerprint density at radius 1 is 1.00 bits per heavy atom. The fourth-order valence-electron chi connectivity index (χ4n) is 4.10. The number of nitrogens with zero attached hydrogens (tertiary/aromatic N) is 2. The summed E-state index contributed by atoms with van der Waals surface area (Å²) in [6.45, 7) is 9.34. The topological polar surface area (TPSA) is 48.0 Å². The van der Waals surface area contributed by atoms with Crippen molar-refractivity contribution in [2.45, 2.75) is 34.6 Å². The van der Waals surface area contributed by atoms with E-state index in [0.717, 1.165) is 28.5 Å². The first-order valence-corrected chi connectivity index (χ1v) is 11.1. The van der Waals surface area contributed by atoms with Gasteiger partial charge in [-0.05, 0) is 82.2 Å². The van der Waals surface area contributed by atoms with E-state index in [-0.39, 0.29) is 22.8 Å². The number of halogens is 3. The number of hydrogen-bond donors (Lipinski definition) is 0. The third kappa shape index (κ3) is 4.33. The molecule has 0 atom stereocenters. The van der Waals surface area contributed by atoms with Crippen molar-refractivity contribution in [1.29, 1.82) is 0 Å². The second kappa shape index (κ2) is 9.03. The zero-order chi connectivity index (χ0) is 24.7. The number of benzene rings is 2. The number of pyridine rings is 1. The Hall–Kier alpha value is -3.51. The number of aromatic nitrogens is 2. The van der Waals surface area contributed by atoms with Gasteiger partial charge >= 0.3 is 0 Å². The Balaban J connectivity index is 2.03. The van der Waals surface area contributed by atoms with Gasteiger partial charge in [-0.15, -0.1) is 0 Å². The van der Waals surface area contributed by atoms with Crippen LogP contribution in [0.2, 0.25) is 5.02 Å². The van der Waals surface area contributed by atoms with Gasteiger partial charge in [0.25, 0.3) is 5.56 Å². The van der Waals surface area contributed by atoms with Crippen LogP contribution in [0.15, 0.2) is 57.2 Å². The number of allylic oxidation sites excluding steroid dienone is 1. The Morgan fingerprint density at radius 3 is 2.26 bits per heavy atom. The van der Waals surface area contributed by atoms with E-state index in [1.165, 1.54) is 18.2 Å². The summed E-state index contributed by atoms with van der Waals surface area (Å²) >= 11 is 6.20. The van der Waals surface area contributed by atoms with Gasteiger partial charge in [-0.3, -0.25) is 9.36 Å². The summed E-state index contributed by atoms with van der Waals surface area (Å²) < 4.78 is 35.8. The smallest absolute Gasteiger partial charge is 0.255 e. The molecule has 0 N–H and O–H groups in total. The molecule has 34 heavy (non-hydrogen) atoms. The summed E-state index contributed by atoms with van der Waals surface area (Å²) in [7, 11) is 0. The van der Waals surface area contributed by atoms with E-state index < -0.39 is 11.6 Å². The fourth-order valence-corrected chi connectivity index (χ4v) is 4.43. The van der Waals surface area contributed by atoms with E-state index in [0.29, 0.717) is 22.0 Å². The SMILES string of the molecule is CC(C)=Cc1nc(-c2ccc(=O)n(-c3c(C)cc(Cl)cc3C)c2C)c(-c2ccc(F)cc2F)o1. The molecular formula is C27H23ClF2N2O2. The zero-order valence-corrected chi connectivity index (χ0v) is 20.2. The molecule has 0 aliphatic carbocycles. The van der Waals surface area contributed by atoms with Crippen molar-refractivity contribution in [3.63, 3.8) is 0 Å². The van der Waals surface area contributed by atoms with Crippen molar-refractivity contribution < 1.29 is 13.2 Å². The van der Waals surface area contributed by atoms with Gasteiger partial charge in [-0.2, -0.15) is 0 Å². The molecule has 4 rings (SSSR count). The summed E-state index contributed by atoms with van der Waals surface area (Å²) in [6.07, 6.45) is 1.73. The highest BCUT2D eigenvalue weighted by Gasteiger charge is 2.23. The molecule has 2 aromatic carbocycles. The molecule has 0 amide bonds. The van der Waals surface area contributed by atoms with Gasteiger partial charge in [-0.1, -0.05) is 17.2 Å². The second-order valence-corrected chi connectivity index (χ2v) is 8.91. The number of hydrogen-bond acceptors (Lipinski definition) is 3. The van der Waals surface area contributed by atoms with Gasteiger partial charge in [0.2, 0.25) is 5.89 Å². The van der Waals surface area contributed by atoms with Crippen LogP contribution in [0.25, 0.3) is 34.3 Å². The molecule has 2 aromatic heterocycles. The van der Waals surface area contributed by atoms with E-state index in [1.807, 2.05) is 27.7 Å². The number of oxazole rings is 1. The van der Waals surface area contributed by atoms with Gasteiger partial charge in [0.15, 0.2) is 5.76 Å². The molecule has 0 fully saturated rings. The summed E-state index contributed by atoms with van der Waals surface area (Å²) in [4.78, 5) is 17.6. The lowest BCUT2D eigenvalue weighted by Gasteiger charge is -2.18. The maximum Gasteiger partial charge on any atom is 0.255 e. The van der Waals surface area contributed by atoms with Gasteiger partial charge < -0.3 is 4.42 Å². The molecule has 0 aliphatic heterocycles. The summed E-state index contributed by atoms with van der Waals surface area (Å²) in [5.41, 5.74) is 4.72. The van der Waals surface area contributed by atoms with E-state index in [4.69, 9.17) is 16.0 Å². The minimum atomic E-state index is -0.767. The molecule has 0 aliphatic rings. The highest BCUT2D eigenvalue weighted by molar-refractivity contribution is 6.30. The van der Waals surface area contributed by atoms with Gasteiger partial charge in [0.1, 0.15) is 17.3 Å². The Labute approximate surface area is 201 Å². The molecule has 4 aromatic rings. The standard InChI is InChI=1S/C27H23ClF2N2O2/c1-14(2)10-23-31-25(27(34-23)21-7-6-19(29)13-22(21)30)20-8-9-24(33)32(17(20)5)26-15(3)11-18(28)12-16(26)4/h6-13H,1-5H3. The lowest BCUT2D eigenvalue weighted by Crippen LogP contribution is -2.22. The zero-order valence-electron chi connectivity index (χ0n) is 19.5.